The molecule has 1 aromatic carbocycles. The molecule has 0 spiro atoms. The van der Waals surface area contributed by atoms with Gasteiger partial charge in [-0.05, 0) is 69.3 Å². The summed E-state index contributed by atoms with van der Waals surface area (Å²) in [5.41, 5.74) is 0.616. The number of halogens is 1. The lowest BCUT2D eigenvalue weighted by Gasteiger charge is -2.26. The first kappa shape index (κ1) is 16.1. The second-order valence-electron chi connectivity index (χ2n) is 5.92. The third kappa shape index (κ3) is 3.95. The van der Waals surface area contributed by atoms with Gasteiger partial charge >= 0.3 is 0 Å². The van der Waals surface area contributed by atoms with E-state index in [2.05, 4.69) is 10.2 Å². The molecule has 3 rings (SSSR count). The molecule has 1 saturated heterocycles. The van der Waals surface area contributed by atoms with Gasteiger partial charge in [0.15, 0.2) is 0 Å². The van der Waals surface area contributed by atoms with Gasteiger partial charge in [0.2, 0.25) is 0 Å². The Kier molecular flexibility index (Phi) is 5.03. The van der Waals surface area contributed by atoms with Crippen molar-refractivity contribution in [1.29, 1.82) is 0 Å². The van der Waals surface area contributed by atoms with Crippen molar-refractivity contribution in [3.63, 3.8) is 0 Å². The van der Waals surface area contributed by atoms with E-state index in [9.17, 15) is 4.79 Å². The van der Waals surface area contributed by atoms with Crippen LogP contribution in [0, 0.1) is 6.92 Å². The van der Waals surface area contributed by atoms with Crippen molar-refractivity contribution in [2.24, 2.45) is 0 Å². The number of carbonyl (C=O) groups excluding carboxylic acids is 1. The number of rotatable bonds is 5. The molecule has 0 radical (unpaired) electrons. The van der Waals surface area contributed by atoms with E-state index in [-0.39, 0.29) is 11.9 Å². The van der Waals surface area contributed by atoms with E-state index in [0.29, 0.717) is 17.1 Å². The zero-order valence-electron chi connectivity index (χ0n) is 13.2. The van der Waals surface area contributed by atoms with E-state index >= 15 is 0 Å². The van der Waals surface area contributed by atoms with E-state index in [1.165, 1.54) is 12.8 Å². The van der Waals surface area contributed by atoms with Crippen LogP contribution in [-0.2, 0) is 0 Å². The summed E-state index contributed by atoms with van der Waals surface area (Å²) in [7, 11) is 0. The Morgan fingerprint density at radius 3 is 2.52 bits per heavy atom. The predicted octanol–water partition coefficient (Wildman–Crippen LogP) is 3.81. The molecule has 1 fully saturated rings. The molecule has 2 heterocycles. The first-order valence-electron chi connectivity index (χ1n) is 7.97. The minimum absolute atomic E-state index is 0.0856. The minimum atomic E-state index is -0.0888. The van der Waals surface area contributed by atoms with E-state index in [4.69, 9.17) is 16.0 Å². The predicted molar refractivity (Wildman–Crippen MR) is 90.8 cm³/mol. The van der Waals surface area contributed by atoms with Crippen molar-refractivity contribution in [2.75, 3.05) is 19.6 Å². The number of nitrogens with one attached hydrogen (secondary N) is 1. The second kappa shape index (κ2) is 7.20. The molecule has 122 valence electrons. The van der Waals surface area contributed by atoms with E-state index in [1.54, 1.807) is 24.3 Å². The lowest BCUT2D eigenvalue weighted by Crippen LogP contribution is -2.36. The summed E-state index contributed by atoms with van der Waals surface area (Å²) in [5.74, 6) is 1.73. The van der Waals surface area contributed by atoms with Crippen LogP contribution in [0.1, 0.15) is 40.8 Å². The number of benzene rings is 1. The summed E-state index contributed by atoms with van der Waals surface area (Å²) in [6.45, 7) is 4.56. The molecule has 1 aliphatic rings. The maximum Gasteiger partial charge on any atom is 0.251 e. The molecule has 1 atom stereocenters. The van der Waals surface area contributed by atoms with Crippen LogP contribution >= 0.6 is 11.6 Å². The number of likely N-dealkylation sites (tertiary alicyclic amines) is 1. The normalized spacial score (nSPS) is 16.4. The van der Waals surface area contributed by atoms with Gasteiger partial charge in [-0.3, -0.25) is 9.69 Å². The summed E-state index contributed by atoms with van der Waals surface area (Å²) < 4.78 is 5.80. The number of hydrogen-bond acceptors (Lipinski definition) is 3. The SMILES string of the molecule is Cc1ccc([C@H](CNC(=O)c2ccc(Cl)cc2)N2CCCC2)o1. The van der Waals surface area contributed by atoms with Gasteiger partial charge in [0, 0.05) is 17.1 Å². The third-order valence-corrected chi connectivity index (χ3v) is 4.49. The highest BCUT2D eigenvalue weighted by atomic mass is 35.5. The summed E-state index contributed by atoms with van der Waals surface area (Å²) in [5, 5.41) is 3.65. The number of amides is 1. The number of aryl methyl sites for hydroxylation is 1. The van der Waals surface area contributed by atoms with Gasteiger partial charge in [-0.25, -0.2) is 0 Å². The minimum Gasteiger partial charge on any atom is -0.465 e. The molecule has 0 unspecified atom stereocenters. The van der Waals surface area contributed by atoms with Crippen LogP contribution in [0.3, 0.4) is 0 Å². The number of nitrogens with zero attached hydrogens (tertiary/aromatic N) is 1. The Labute approximate surface area is 141 Å². The first-order chi connectivity index (χ1) is 11.1. The number of carbonyl (C=O) groups is 1. The Balaban J connectivity index is 1.68. The average Bonchev–Trinajstić information content (AvgIpc) is 3.20. The van der Waals surface area contributed by atoms with E-state index in [0.717, 1.165) is 24.6 Å². The highest BCUT2D eigenvalue weighted by Gasteiger charge is 2.26. The molecule has 0 saturated carbocycles. The fourth-order valence-electron chi connectivity index (χ4n) is 2.99. The van der Waals surface area contributed by atoms with Gasteiger partial charge in [0.1, 0.15) is 11.5 Å². The summed E-state index contributed by atoms with van der Waals surface area (Å²) in [4.78, 5) is 14.7. The fraction of sp³-hybridized carbons (Fsp3) is 0.389. The standard InChI is InChI=1S/C18H21ClN2O2/c1-13-4-9-17(23-13)16(21-10-2-3-11-21)12-20-18(22)14-5-7-15(19)8-6-14/h4-9,16H,2-3,10-12H2,1H3,(H,20,22)/t16-/m0/s1. The highest BCUT2D eigenvalue weighted by molar-refractivity contribution is 6.30. The number of furan rings is 1. The molecule has 0 bridgehead atoms. The highest BCUT2D eigenvalue weighted by Crippen LogP contribution is 2.26. The molecule has 5 heteroatoms. The molecule has 1 aliphatic heterocycles. The summed E-state index contributed by atoms with van der Waals surface area (Å²) in [6.07, 6.45) is 2.39. The molecule has 0 aliphatic carbocycles. The third-order valence-electron chi connectivity index (χ3n) is 4.23. The molecule has 23 heavy (non-hydrogen) atoms. The monoisotopic (exact) mass is 332 g/mol. The van der Waals surface area contributed by atoms with Crippen molar-refractivity contribution in [1.82, 2.24) is 10.2 Å². The summed E-state index contributed by atoms with van der Waals surface area (Å²) >= 11 is 5.86. The molecule has 1 amide bonds. The van der Waals surface area contributed by atoms with Crippen molar-refractivity contribution in [2.45, 2.75) is 25.8 Å². The fourth-order valence-corrected chi connectivity index (χ4v) is 3.11. The maximum atomic E-state index is 12.3. The maximum absolute atomic E-state index is 12.3. The topological polar surface area (TPSA) is 45.5 Å². The lowest BCUT2D eigenvalue weighted by molar-refractivity contribution is 0.0933. The second-order valence-corrected chi connectivity index (χ2v) is 6.36. The van der Waals surface area contributed by atoms with Crippen LogP contribution < -0.4 is 5.32 Å². The van der Waals surface area contributed by atoms with Gasteiger partial charge in [-0.2, -0.15) is 0 Å². The van der Waals surface area contributed by atoms with Crippen LogP contribution in [0.25, 0.3) is 0 Å². The molecule has 2 aromatic rings. The molecular formula is C18H21ClN2O2. The first-order valence-corrected chi connectivity index (χ1v) is 8.35. The van der Waals surface area contributed by atoms with Crippen LogP contribution in [-0.4, -0.2) is 30.4 Å². The Bertz CT molecular complexity index is 660. The van der Waals surface area contributed by atoms with Gasteiger partial charge < -0.3 is 9.73 Å². The van der Waals surface area contributed by atoms with Crippen LogP contribution in [0.2, 0.25) is 5.02 Å². The Morgan fingerprint density at radius 1 is 1.22 bits per heavy atom. The smallest absolute Gasteiger partial charge is 0.251 e. The molecule has 1 N–H and O–H groups in total. The Morgan fingerprint density at radius 2 is 1.91 bits per heavy atom. The van der Waals surface area contributed by atoms with Crippen molar-refractivity contribution in [3.05, 3.63) is 58.5 Å². The average molecular weight is 333 g/mol. The lowest BCUT2D eigenvalue weighted by atomic mass is 10.1. The molecular weight excluding hydrogens is 312 g/mol. The van der Waals surface area contributed by atoms with Crippen molar-refractivity contribution >= 4 is 17.5 Å². The van der Waals surface area contributed by atoms with Crippen LogP contribution in [0.15, 0.2) is 40.8 Å². The zero-order chi connectivity index (χ0) is 16.2. The van der Waals surface area contributed by atoms with Crippen LogP contribution in [0.5, 0.6) is 0 Å². The Hall–Kier alpha value is -1.78. The quantitative estimate of drug-likeness (QED) is 0.905. The molecule has 4 nitrogen and oxygen atoms in total. The largest absolute Gasteiger partial charge is 0.465 e. The van der Waals surface area contributed by atoms with E-state index in [1.807, 2.05) is 19.1 Å². The van der Waals surface area contributed by atoms with Crippen molar-refractivity contribution in [3.8, 4) is 0 Å². The zero-order valence-corrected chi connectivity index (χ0v) is 14.0. The van der Waals surface area contributed by atoms with Gasteiger partial charge in [-0.15, -0.1) is 0 Å². The molecule has 1 aromatic heterocycles. The van der Waals surface area contributed by atoms with Crippen LogP contribution in [0.4, 0.5) is 0 Å². The van der Waals surface area contributed by atoms with Gasteiger partial charge in [0.25, 0.3) is 5.91 Å². The van der Waals surface area contributed by atoms with E-state index < -0.39 is 0 Å². The van der Waals surface area contributed by atoms with Gasteiger partial charge in [0.05, 0.1) is 6.04 Å². The number of hydrogen-bond donors (Lipinski definition) is 1. The van der Waals surface area contributed by atoms with Crippen molar-refractivity contribution < 1.29 is 9.21 Å². The summed E-state index contributed by atoms with van der Waals surface area (Å²) in [6, 6.07) is 11.0. The van der Waals surface area contributed by atoms with Gasteiger partial charge in [-0.1, -0.05) is 11.6 Å².